The topological polar surface area (TPSA) is 67.2 Å². The van der Waals surface area contributed by atoms with Gasteiger partial charge in [-0.05, 0) is 43.9 Å². The molecule has 0 spiro atoms. The monoisotopic (exact) mass is 342 g/mol. The Hall–Kier alpha value is -2.37. The lowest BCUT2D eigenvalue weighted by atomic mass is 9.96. The minimum atomic E-state index is 0.0246. The Labute approximate surface area is 148 Å². The maximum Gasteiger partial charge on any atom is 0.223 e. The summed E-state index contributed by atoms with van der Waals surface area (Å²) in [4.78, 5) is 30.0. The van der Waals surface area contributed by atoms with E-state index in [1.165, 1.54) is 5.56 Å². The number of aryl methyl sites for hydroxylation is 2. The van der Waals surface area contributed by atoms with E-state index >= 15 is 0 Å². The van der Waals surface area contributed by atoms with Crippen LogP contribution in [0.2, 0.25) is 0 Å². The SMILES string of the molecule is CC(=O)N1CCC(C(=O)NCCc2ccc3c(c2)nc(C)n3C)CC1. The summed E-state index contributed by atoms with van der Waals surface area (Å²) >= 11 is 0. The standard InChI is InChI=1S/C19H26N4O2/c1-13-21-17-12-15(4-5-18(17)22(13)3)6-9-20-19(25)16-7-10-23(11-8-16)14(2)24/h4-5,12,16H,6-11H2,1-3H3,(H,20,25). The number of amides is 2. The van der Waals surface area contributed by atoms with Crippen LogP contribution in [-0.4, -0.2) is 45.9 Å². The molecule has 6 heteroatoms. The van der Waals surface area contributed by atoms with Crippen molar-refractivity contribution in [3.63, 3.8) is 0 Å². The molecule has 1 N–H and O–H groups in total. The van der Waals surface area contributed by atoms with Crippen LogP contribution in [0.1, 0.15) is 31.2 Å². The number of rotatable bonds is 4. The number of hydrogen-bond donors (Lipinski definition) is 1. The molecule has 1 fully saturated rings. The van der Waals surface area contributed by atoms with Gasteiger partial charge in [-0.1, -0.05) is 6.07 Å². The fourth-order valence-electron chi connectivity index (χ4n) is 3.45. The predicted molar refractivity (Wildman–Crippen MR) is 97.1 cm³/mol. The second-order valence-corrected chi connectivity index (χ2v) is 6.86. The Kier molecular flexibility index (Phi) is 5.06. The summed E-state index contributed by atoms with van der Waals surface area (Å²) in [6.07, 6.45) is 2.30. The average molecular weight is 342 g/mol. The highest BCUT2D eigenvalue weighted by Gasteiger charge is 2.25. The molecule has 6 nitrogen and oxygen atoms in total. The van der Waals surface area contributed by atoms with Gasteiger partial charge in [-0.25, -0.2) is 4.98 Å². The molecule has 25 heavy (non-hydrogen) atoms. The Morgan fingerprint density at radius 1 is 1.28 bits per heavy atom. The van der Waals surface area contributed by atoms with Crippen molar-refractivity contribution >= 4 is 22.8 Å². The highest BCUT2D eigenvalue weighted by Crippen LogP contribution is 2.18. The van der Waals surface area contributed by atoms with Gasteiger partial charge in [0.15, 0.2) is 0 Å². The fraction of sp³-hybridized carbons (Fsp3) is 0.526. The minimum Gasteiger partial charge on any atom is -0.356 e. The number of hydrogen-bond acceptors (Lipinski definition) is 3. The van der Waals surface area contributed by atoms with Crippen molar-refractivity contribution in [2.24, 2.45) is 13.0 Å². The van der Waals surface area contributed by atoms with Crippen LogP contribution in [0.3, 0.4) is 0 Å². The Bertz CT molecular complexity index is 788. The van der Waals surface area contributed by atoms with E-state index in [0.717, 1.165) is 36.1 Å². The minimum absolute atomic E-state index is 0.0246. The lowest BCUT2D eigenvalue weighted by molar-refractivity contribution is -0.133. The number of piperidine rings is 1. The maximum absolute atomic E-state index is 12.3. The molecule has 1 aromatic carbocycles. The first kappa shape index (κ1) is 17.5. The molecule has 3 rings (SSSR count). The molecule has 1 aliphatic heterocycles. The Morgan fingerprint density at radius 2 is 2.00 bits per heavy atom. The molecule has 0 unspecified atom stereocenters. The predicted octanol–water partition coefficient (Wildman–Crippen LogP) is 1.80. The van der Waals surface area contributed by atoms with Crippen LogP contribution in [0.25, 0.3) is 11.0 Å². The van der Waals surface area contributed by atoms with Gasteiger partial charge in [-0.15, -0.1) is 0 Å². The molecule has 134 valence electrons. The van der Waals surface area contributed by atoms with E-state index in [4.69, 9.17) is 0 Å². The number of nitrogens with zero attached hydrogens (tertiary/aromatic N) is 3. The largest absolute Gasteiger partial charge is 0.356 e. The summed E-state index contributed by atoms with van der Waals surface area (Å²) in [6, 6.07) is 6.28. The second kappa shape index (κ2) is 7.25. The normalized spacial score (nSPS) is 15.6. The number of imidazole rings is 1. The third-order valence-corrected chi connectivity index (χ3v) is 5.19. The summed E-state index contributed by atoms with van der Waals surface area (Å²) in [5.74, 6) is 1.23. The van der Waals surface area contributed by atoms with Gasteiger partial charge in [0.25, 0.3) is 0 Å². The third kappa shape index (κ3) is 3.83. The zero-order valence-corrected chi connectivity index (χ0v) is 15.2. The molecule has 0 atom stereocenters. The quantitative estimate of drug-likeness (QED) is 0.921. The van der Waals surface area contributed by atoms with Gasteiger partial charge < -0.3 is 14.8 Å². The number of carbonyl (C=O) groups is 2. The van der Waals surface area contributed by atoms with Gasteiger partial charge >= 0.3 is 0 Å². The van der Waals surface area contributed by atoms with Gasteiger partial charge in [-0.3, -0.25) is 9.59 Å². The van der Waals surface area contributed by atoms with Crippen molar-refractivity contribution < 1.29 is 9.59 Å². The van der Waals surface area contributed by atoms with Gasteiger partial charge in [0, 0.05) is 39.5 Å². The van der Waals surface area contributed by atoms with E-state index in [0.29, 0.717) is 19.6 Å². The van der Waals surface area contributed by atoms with Gasteiger partial charge in [0.05, 0.1) is 11.0 Å². The summed E-state index contributed by atoms with van der Waals surface area (Å²) < 4.78 is 2.08. The van der Waals surface area contributed by atoms with Crippen LogP contribution in [-0.2, 0) is 23.1 Å². The van der Waals surface area contributed by atoms with Crippen LogP contribution in [0.15, 0.2) is 18.2 Å². The van der Waals surface area contributed by atoms with E-state index in [2.05, 4.69) is 33.1 Å². The molecule has 2 aromatic rings. The summed E-state index contributed by atoms with van der Waals surface area (Å²) in [5.41, 5.74) is 3.31. The Morgan fingerprint density at radius 3 is 2.68 bits per heavy atom. The number of likely N-dealkylation sites (tertiary alicyclic amines) is 1. The van der Waals surface area contributed by atoms with Crippen LogP contribution >= 0.6 is 0 Å². The number of carbonyl (C=O) groups excluding carboxylic acids is 2. The van der Waals surface area contributed by atoms with Crippen molar-refractivity contribution in [1.82, 2.24) is 19.8 Å². The summed E-state index contributed by atoms with van der Waals surface area (Å²) in [6.45, 7) is 5.58. The van der Waals surface area contributed by atoms with Gasteiger partial charge in [0.2, 0.25) is 11.8 Å². The van der Waals surface area contributed by atoms with E-state index in [9.17, 15) is 9.59 Å². The number of aromatic nitrogens is 2. The van der Waals surface area contributed by atoms with Gasteiger partial charge in [0.1, 0.15) is 5.82 Å². The smallest absolute Gasteiger partial charge is 0.223 e. The lowest BCUT2D eigenvalue weighted by Gasteiger charge is -2.30. The number of benzene rings is 1. The molecule has 0 bridgehead atoms. The number of fused-ring (bicyclic) bond motifs is 1. The highest BCUT2D eigenvalue weighted by atomic mass is 16.2. The van der Waals surface area contributed by atoms with Crippen LogP contribution in [0.4, 0.5) is 0 Å². The van der Waals surface area contributed by atoms with Crippen LogP contribution in [0, 0.1) is 12.8 Å². The van der Waals surface area contributed by atoms with Crippen molar-refractivity contribution in [1.29, 1.82) is 0 Å². The average Bonchev–Trinajstić information content (AvgIpc) is 2.88. The first-order valence-corrected chi connectivity index (χ1v) is 8.91. The molecule has 0 radical (unpaired) electrons. The molecule has 1 aliphatic rings. The third-order valence-electron chi connectivity index (χ3n) is 5.19. The first-order valence-electron chi connectivity index (χ1n) is 8.91. The molecular weight excluding hydrogens is 316 g/mol. The summed E-state index contributed by atoms with van der Waals surface area (Å²) in [5, 5.41) is 3.04. The first-order chi connectivity index (χ1) is 12.0. The molecule has 0 saturated carbocycles. The van der Waals surface area contributed by atoms with E-state index in [1.807, 2.05) is 18.9 Å². The van der Waals surface area contributed by atoms with Crippen molar-refractivity contribution in [3.8, 4) is 0 Å². The molecule has 2 amide bonds. The summed E-state index contributed by atoms with van der Waals surface area (Å²) in [7, 11) is 2.02. The zero-order valence-electron chi connectivity index (χ0n) is 15.2. The van der Waals surface area contributed by atoms with E-state index in [1.54, 1.807) is 6.92 Å². The lowest BCUT2D eigenvalue weighted by Crippen LogP contribution is -2.42. The van der Waals surface area contributed by atoms with Crippen molar-refractivity contribution in [3.05, 3.63) is 29.6 Å². The van der Waals surface area contributed by atoms with Crippen LogP contribution in [0.5, 0.6) is 0 Å². The number of nitrogens with one attached hydrogen (secondary N) is 1. The zero-order chi connectivity index (χ0) is 18.0. The molecular formula is C19H26N4O2. The second-order valence-electron chi connectivity index (χ2n) is 6.86. The molecule has 1 saturated heterocycles. The molecule has 1 aromatic heterocycles. The van der Waals surface area contributed by atoms with Crippen molar-refractivity contribution in [2.45, 2.75) is 33.1 Å². The van der Waals surface area contributed by atoms with E-state index < -0.39 is 0 Å². The van der Waals surface area contributed by atoms with Gasteiger partial charge in [-0.2, -0.15) is 0 Å². The maximum atomic E-state index is 12.3. The molecule has 2 heterocycles. The van der Waals surface area contributed by atoms with Crippen molar-refractivity contribution in [2.75, 3.05) is 19.6 Å². The molecule has 0 aliphatic carbocycles. The Balaban J connectivity index is 1.49. The van der Waals surface area contributed by atoms with Crippen LogP contribution < -0.4 is 5.32 Å². The highest BCUT2D eigenvalue weighted by molar-refractivity contribution is 5.80. The fourth-order valence-corrected chi connectivity index (χ4v) is 3.45. The van der Waals surface area contributed by atoms with E-state index in [-0.39, 0.29) is 17.7 Å².